The molecule has 1 aromatic carbocycles. The van der Waals surface area contributed by atoms with E-state index in [0.717, 1.165) is 23.3 Å². The summed E-state index contributed by atoms with van der Waals surface area (Å²) >= 11 is 0. The molecule has 1 aliphatic rings. The molecule has 1 amide bonds. The number of methoxy groups -OCH3 is 1. The molecule has 10 heteroatoms. The largest absolute Gasteiger partial charge is 1.00 e. The van der Waals surface area contributed by atoms with Crippen LogP contribution >= 0.6 is 7.37 Å². The van der Waals surface area contributed by atoms with E-state index >= 15 is 0 Å². The number of benzene rings is 1. The van der Waals surface area contributed by atoms with Crippen molar-refractivity contribution in [2.24, 2.45) is 0 Å². The molecule has 28 heavy (non-hydrogen) atoms. The molecule has 8 nitrogen and oxygen atoms in total. The Balaban J connectivity index is 0.00000364. The molecule has 1 saturated heterocycles. The molecular weight excluding hydrogens is 380 g/mol. The Kier molecular flexibility index (Phi) is 11.9. The van der Waals surface area contributed by atoms with E-state index in [-0.39, 0.29) is 43.5 Å². The average Bonchev–Trinajstić information content (AvgIpc) is 3.04. The zero-order valence-corrected chi connectivity index (χ0v) is 17.3. The third kappa shape index (κ3) is 8.08. The summed E-state index contributed by atoms with van der Waals surface area (Å²) in [5.74, 6) is -2.00. The van der Waals surface area contributed by atoms with Crippen molar-refractivity contribution in [3.05, 3.63) is 35.9 Å². The zero-order valence-electron chi connectivity index (χ0n) is 16.4. The molecular formula is C18H27LiNO7P. The van der Waals surface area contributed by atoms with Crippen molar-refractivity contribution in [1.29, 1.82) is 0 Å². The van der Waals surface area contributed by atoms with Crippen LogP contribution in [-0.4, -0.2) is 65.3 Å². The van der Waals surface area contributed by atoms with E-state index < -0.39 is 37.6 Å². The molecule has 3 atom stereocenters. The second-order valence-electron chi connectivity index (χ2n) is 6.65. The number of hydrogen-bond acceptors (Lipinski definition) is 5. The summed E-state index contributed by atoms with van der Waals surface area (Å²) in [6.07, 6.45) is 1.33. The van der Waals surface area contributed by atoms with Gasteiger partial charge in [0.15, 0.2) is 0 Å². The third-order valence-corrected chi connectivity index (χ3v) is 6.42. The van der Waals surface area contributed by atoms with Crippen molar-refractivity contribution in [2.75, 3.05) is 26.0 Å². The van der Waals surface area contributed by atoms with Gasteiger partial charge in [0, 0.05) is 26.2 Å². The van der Waals surface area contributed by atoms with Crippen molar-refractivity contribution in [3.63, 3.8) is 0 Å². The predicted molar refractivity (Wildman–Crippen MR) is 98.5 cm³/mol. The number of ether oxygens (including phenoxy) is 1. The van der Waals surface area contributed by atoms with Gasteiger partial charge in [0.05, 0.1) is 18.1 Å². The zero-order chi connectivity index (χ0) is 19.2. The molecule has 152 valence electrons. The number of nitrogens with zero attached hydrogens (tertiary/aromatic N) is 1. The Labute approximate surface area is 177 Å². The number of hydrogen-bond donors (Lipinski definition) is 1. The van der Waals surface area contributed by atoms with Gasteiger partial charge in [-0.25, -0.2) is 0 Å². The fourth-order valence-electron chi connectivity index (χ4n) is 3.18. The van der Waals surface area contributed by atoms with Crippen LogP contribution in [0, 0.1) is 0 Å². The van der Waals surface area contributed by atoms with Gasteiger partial charge in [-0.3, -0.25) is 9.36 Å². The van der Waals surface area contributed by atoms with Crippen LogP contribution in [0.15, 0.2) is 30.3 Å². The van der Waals surface area contributed by atoms with E-state index in [4.69, 9.17) is 4.74 Å². The van der Waals surface area contributed by atoms with Crippen molar-refractivity contribution in [1.82, 2.24) is 4.90 Å². The van der Waals surface area contributed by atoms with Gasteiger partial charge in [-0.15, -0.1) is 0 Å². The maximum atomic E-state index is 12.3. The van der Waals surface area contributed by atoms with Crippen LogP contribution in [0.25, 0.3) is 0 Å². The molecule has 3 N–H and O–H groups in total. The minimum absolute atomic E-state index is 0. The molecule has 0 spiro atoms. The number of likely N-dealkylation sites (tertiary alicyclic amines) is 1. The third-order valence-electron chi connectivity index (χ3n) is 4.64. The topological polar surface area (TPSA) is 138 Å². The molecule has 0 aliphatic carbocycles. The van der Waals surface area contributed by atoms with E-state index in [1.54, 1.807) is 0 Å². The fraction of sp³-hybridized carbons (Fsp3) is 0.556. The van der Waals surface area contributed by atoms with Gasteiger partial charge in [0.25, 0.3) is 0 Å². The van der Waals surface area contributed by atoms with Crippen LogP contribution in [-0.2, 0) is 25.3 Å². The maximum Gasteiger partial charge on any atom is 1.00 e. The minimum atomic E-state index is -3.65. The summed E-state index contributed by atoms with van der Waals surface area (Å²) in [4.78, 5) is 34.7. The van der Waals surface area contributed by atoms with E-state index in [0.29, 0.717) is 6.42 Å². The Morgan fingerprint density at radius 3 is 2.50 bits per heavy atom. The molecule has 0 aromatic heterocycles. The van der Waals surface area contributed by atoms with Crippen molar-refractivity contribution >= 4 is 19.2 Å². The predicted octanol–water partition coefficient (Wildman–Crippen LogP) is -3.18. The van der Waals surface area contributed by atoms with Gasteiger partial charge in [0.2, 0.25) is 13.3 Å². The standard InChI is InChI=1S/C18H26NO6P.Li.H2O/c1-25-15-11-16(18(21)22)19(12-15)17(20)13-26(23,24)10-6-5-9-14-7-3-2-4-8-14;;/h2-4,7-8,15-16H,5-6,9-13H2,1H3,(H,21,22)(H,23,24);;1H2/q;+1;/p-1/t15-,16+;;/m1../s1. The van der Waals surface area contributed by atoms with Crippen LogP contribution in [0.1, 0.15) is 24.8 Å². The molecule has 0 bridgehead atoms. The Hall–Kier alpha value is -1.13. The number of amides is 1. The Bertz CT molecular complexity index is 673. The summed E-state index contributed by atoms with van der Waals surface area (Å²) < 4.78 is 17.4. The van der Waals surface area contributed by atoms with E-state index in [1.807, 2.05) is 30.3 Å². The first-order valence-corrected chi connectivity index (χ1v) is 10.7. The summed E-state index contributed by atoms with van der Waals surface area (Å²) in [6, 6.07) is 8.72. The molecule has 1 aromatic rings. The SMILES string of the molecule is CO[C@@H]1C[C@@H](C(=O)[O-])N(C(=O)CP(=O)(O)CCCCc2ccccc2)C1.O.[Li+]. The number of carbonyl (C=O) groups excluding carboxylic acids is 2. The number of rotatable bonds is 9. The minimum Gasteiger partial charge on any atom is -0.548 e. The number of carboxylic acids is 1. The Morgan fingerprint density at radius 2 is 1.93 bits per heavy atom. The number of aliphatic carboxylic acids is 1. The van der Waals surface area contributed by atoms with Gasteiger partial charge in [-0.2, -0.15) is 0 Å². The van der Waals surface area contributed by atoms with Gasteiger partial charge in [-0.1, -0.05) is 30.3 Å². The van der Waals surface area contributed by atoms with Gasteiger partial charge >= 0.3 is 18.9 Å². The van der Waals surface area contributed by atoms with E-state index in [2.05, 4.69) is 0 Å². The number of carboxylic acid groups (broad SMARTS) is 1. The fourth-order valence-corrected chi connectivity index (χ4v) is 4.66. The van der Waals surface area contributed by atoms with Crippen molar-refractivity contribution in [3.8, 4) is 0 Å². The van der Waals surface area contributed by atoms with Gasteiger partial charge < -0.3 is 29.9 Å². The smallest absolute Gasteiger partial charge is 0.548 e. The van der Waals surface area contributed by atoms with Gasteiger partial charge in [0.1, 0.15) is 6.16 Å². The molecule has 1 fully saturated rings. The first-order chi connectivity index (χ1) is 12.3. The molecule has 1 aliphatic heterocycles. The van der Waals surface area contributed by atoms with Gasteiger partial charge in [-0.05, 0) is 24.8 Å². The second-order valence-corrected chi connectivity index (χ2v) is 9.10. The molecule has 0 radical (unpaired) electrons. The van der Waals surface area contributed by atoms with Crippen LogP contribution in [0.5, 0.6) is 0 Å². The molecule has 0 saturated carbocycles. The normalized spacial score (nSPS) is 20.6. The van der Waals surface area contributed by atoms with Crippen LogP contribution in [0.2, 0.25) is 0 Å². The van der Waals surface area contributed by atoms with E-state index in [9.17, 15) is 24.2 Å². The summed E-state index contributed by atoms with van der Waals surface area (Å²) in [6.45, 7) is 0.0992. The number of carbonyl (C=O) groups is 2. The average molecular weight is 407 g/mol. The summed E-state index contributed by atoms with van der Waals surface area (Å²) in [7, 11) is -2.21. The molecule has 1 unspecified atom stereocenters. The quantitative estimate of drug-likeness (QED) is 0.260. The first kappa shape index (κ1) is 26.9. The molecule has 2 rings (SSSR count). The number of aryl methyl sites for hydroxylation is 1. The Morgan fingerprint density at radius 1 is 1.29 bits per heavy atom. The summed E-state index contributed by atoms with van der Waals surface area (Å²) in [5, 5.41) is 11.2. The van der Waals surface area contributed by atoms with Crippen molar-refractivity contribution < 1.29 is 53.2 Å². The monoisotopic (exact) mass is 407 g/mol. The van der Waals surface area contributed by atoms with Crippen LogP contribution in [0.3, 0.4) is 0 Å². The van der Waals surface area contributed by atoms with E-state index in [1.165, 1.54) is 7.11 Å². The van der Waals surface area contributed by atoms with Crippen molar-refractivity contribution in [2.45, 2.75) is 37.8 Å². The molecule has 1 heterocycles. The van der Waals surface area contributed by atoms with Crippen LogP contribution in [0.4, 0.5) is 0 Å². The van der Waals surface area contributed by atoms with Crippen LogP contribution < -0.4 is 24.0 Å². The second kappa shape index (κ2) is 12.4. The summed E-state index contributed by atoms with van der Waals surface area (Å²) in [5.41, 5.74) is 1.16. The first-order valence-electron chi connectivity index (χ1n) is 8.70. The number of unbranched alkanes of at least 4 members (excludes halogenated alkanes) is 1. The maximum absolute atomic E-state index is 12.3.